The lowest BCUT2D eigenvalue weighted by atomic mass is 9.87. The summed E-state index contributed by atoms with van der Waals surface area (Å²) >= 11 is 0. The first kappa shape index (κ1) is 16.8. The molecule has 0 N–H and O–H groups in total. The molecular weight excluding hydrogens is 615 g/mol. The van der Waals surface area contributed by atoms with Gasteiger partial charge in [0, 0.05) is 16.9 Å². The van der Waals surface area contributed by atoms with Crippen LogP contribution in [0.5, 0.6) is 0 Å². The Morgan fingerprint density at radius 3 is 1.29 bits per heavy atom. The van der Waals surface area contributed by atoms with Crippen LogP contribution >= 0.6 is 0 Å². The van der Waals surface area contributed by atoms with E-state index in [4.69, 9.17) is 13.7 Å². The van der Waals surface area contributed by atoms with Crippen molar-refractivity contribution in [2.24, 2.45) is 0 Å². The molecule has 0 fully saturated rings. The van der Waals surface area contributed by atoms with Crippen molar-refractivity contribution in [2.75, 3.05) is 4.90 Å². The van der Waals surface area contributed by atoms with Gasteiger partial charge in [-0.15, -0.1) is 0 Å². The van der Waals surface area contributed by atoms with E-state index < -0.39 is 142 Å². The maximum Gasteiger partial charge on any atom is 0.0645 e. The summed E-state index contributed by atoms with van der Waals surface area (Å²) in [6.07, 6.45) is 0. The third kappa shape index (κ3) is 5.75. The smallest absolute Gasteiger partial charge is 0.0645 e. The molecule has 0 saturated heterocycles. The maximum atomic E-state index is 9.71. The number of nitrogens with zero attached hydrogens (tertiary/aromatic N) is 1. The van der Waals surface area contributed by atoms with Crippen molar-refractivity contribution in [1.29, 1.82) is 0 Å². The lowest BCUT2D eigenvalue weighted by Crippen LogP contribution is -2.12. The average molecular weight is 668 g/mol. The van der Waals surface area contributed by atoms with Crippen molar-refractivity contribution in [3.63, 3.8) is 0 Å². The lowest BCUT2D eigenvalue weighted by molar-refractivity contribution is 1.28. The molecule has 0 radical (unpaired) electrons. The zero-order chi connectivity index (χ0) is 49.7. The molecule has 9 aromatic carbocycles. The van der Waals surface area contributed by atoms with Gasteiger partial charge in [0.05, 0.1) is 30.4 Å². The molecule has 0 unspecified atom stereocenters. The van der Waals surface area contributed by atoms with Gasteiger partial charge in [0.2, 0.25) is 0 Å². The molecule has 0 spiro atoms. The Kier molecular flexibility index (Phi) is 4.39. The van der Waals surface area contributed by atoms with Gasteiger partial charge in [-0.3, -0.25) is 0 Å². The second-order valence-corrected chi connectivity index (χ2v) is 11.5. The van der Waals surface area contributed by atoms with Crippen LogP contribution in [-0.2, 0) is 0 Å². The Morgan fingerprint density at radius 1 is 0.333 bits per heavy atom. The van der Waals surface area contributed by atoms with Gasteiger partial charge in [0.25, 0.3) is 0 Å². The number of rotatable bonds is 7. The van der Waals surface area contributed by atoms with Crippen molar-refractivity contribution < 1.29 is 24.7 Å². The third-order valence-corrected chi connectivity index (χ3v) is 8.59. The van der Waals surface area contributed by atoms with E-state index in [-0.39, 0.29) is 5.69 Å². The predicted octanol–water partition coefficient (Wildman–Crippen LogP) is 14.1. The van der Waals surface area contributed by atoms with Gasteiger partial charge in [-0.2, -0.15) is 0 Å². The topological polar surface area (TPSA) is 3.24 Å². The van der Waals surface area contributed by atoms with Crippen LogP contribution in [0, 0.1) is 0 Å². The van der Waals surface area contributed by atoms with E-state index in [1.165, 1.54) is 0 Å². The minimum absolute atomic E-state index is 0.0458. The highest BCUT2D eigenvalue weighted by molar-refractivity contribution is 6.09. The minimum Gasteiger partial charge on any atom is -0.310 e. The summed E-state index contributed by atoms with van der Waals surface area (Å²) in [6, 6.07) is 17.0. The van der Waals surface area contributed by atoms with Crippen LogP contribution in [0.1, 0.15) is 24.7 Å². The zero-order valence-corrected chi connectivity index (χ0v) is 26.8. The molecule has 0 amide bonds. The summed E-state index contributed by atoms with van der Waals surface area (Å²) < 4.78 is 161. The SMILES string of the molecule is [2H]c1c([2H])c([2H])c(-c2c([2H])c([2H])c(N(c3cccc(-c4cccc5ccccc45)c3-c3cccc4ccccc34)c3c([2H])c([2H])c(-c4c([2H])c([2H])c([2H])c([2H])c4[2H])c([2H])c3[2H])c([2H])c2[2H])c([2H])c1[2H]. The Hall–Kier alpha value is -6.70. The second-order valence-electron chi connectivity index (χ2n) is 11.5. The Morgan fingerprint density at radius 2 is 0.745 bits per heavy atom. The van der Waals surface area contributed by atoms with E-state index in [1.54, 1.807) is 12.1 Å². The van der Waals surface area contributed by atoms with Crippen LogP contribution in [0.2, 0.25) is 0 Å². The van der Waals surface area contributed by atoms with Crippen LogP contribution in [0.15, 0.2) is 212 Å². The lowest BCUT2D eigenvalue weighted by Gasteiger charge is -2.30. The van der Waals surface area contributed by atoms with E-state index in [0.717, 1.165) is 26.4 Å². The quantitative estimate of drug-likeness (QED) is 0.163. The number of fused-ring (bicyclic) bond motifs is 2. The molecule has 1 heteroatoms. The van der Waals surface area contributed by atoms with Crippen LogP contribution in [0.3, 0.4) is 0 Å². The van der Waals surface area contributed by atoms with Gasteiger partial charge in [-0.1, -0.05) is 182 Å². The van der Waals surface area contributed by atoms with Crippen LogP contribution < -0.4 is 4.90 Å². The molecule has 0 aliphatic heterocycles. The van der Waals surface area contributed by atoms with Gasteiger partial charge < -0.3 is 4.90 Å². The summed E-state index contributed by atoms with van der Waals surface area (Å²) in [7, 11) is 0. The average Bonchev–Trinajstić information content (AvgIpc) is 3.36. The molecule has 240 valence electrons. The summed E-state index contributed by atoms with van der Waals surface area (Å²) in [6.45, 7) is 0. The molecule has 51 heavy (non-hydrogen) atoms. The molecule has 0 aromatic heterocycles. The highest BCUT2D eigenvalue weighted by atomic mass is 15.1. The van der Waals surface area contributed by atoms with Gasteiger partial charge >= 0.3 is 0 Å². The molecule has 0 saturated carbocycles. The van der Waals surface area contributed by atoms with Crippen LogP contribution in [-0.4, -0.2) is 0 Å². The highest BCUT2D eigenvalue weighted by Crippen LogP contribution is 2.48. The van der Waals surface area contributed by atoms with E-state index in [0.29, 0.717) is 22.3 Å². The fourth-order valence-electron chi connectivity index (χ4n) is 6.33. The number of benzene rings is 9. The van der Waals surface area contributed by atoms with Crippen molar-refractivity contribution in [3.8, 4) is 44.5 Å². The molecule has 0 bridgehead atoms. The number of anilines is 3. The van der Waals surface area contributed by atoms with Crippen molar-refractivity contribution in [1.82, 2.24) is 0 Å². The standard InChI is InChI=1S/C50H35N/c1-3-14-36(15-4-1)38-28-32-42(33-29-38)51(43-34-30-39(31-35-43)37-16-5-2-6-17-37)49-27-13-26-48(46-24-11-20-40-18-7-9-22-44(40)46)50(49)47-25-12-21-41-19-8-10-23-45(41)47/h1-35H/i1D,2D,3D,4D,5D,6D,14D,15D,16D,17D,28D,29D,30D,31D,32D,33D,34D,35D. The van der Waals surface area contributed by atoms with E-state index >= 15 is 0 Å². The minimum atomic E-state index is -0.850. The van der Waals surface area contributed by atoms with Gasteiger partial charge in [-0.05, 0) is 90.7 Å². The molecule has 0 aliphatic rings. The first-order valence-corrected chi connectivity index (χ1v) is 16.1. The van der Waals surface area contributed by atoms with Crippen molar-refractivity contribution >= 4 is 38.6 Å². The zero-order valence-electron chi connectivity index (χ0n) is 44.8. The second kappa shape index (κ2) is 13.3. The molecule has 0 heterocycles. The van der Waals surface area contributed by atoms with Crippen molar-refractivity contribution in [2.45, 2.75) is 0 Å². The summed E-state index contributed by atoms with van der Waals surface area (Å²) in [5.74, 6) is 0. The van der Waals surface area contributed by atoms with E-state index in [2.05, 4.69) is 0 Å². The Balaban J connectivity index is 1.48. The van der Waals surface area contributed by atoms with Gasteiger partial charge in [0.1, 0.15) is 0 Å². The molecule has 0 atom stereocenters. The first-order valence-electron chi connectivity index (χ1n) is 25.1. The highest BCUT2D eigenvalue weighted by Gasteiger charge is 2.22. The Labute approximate surface area is 324 Å². The summed E-state index contributed by atoms with van der Waals surface area (Å²) in [4.78, 5) is 1.09. The molecule has 1 nitrogen and oxygen atoms in total. The third-order valence-electron chi connectivity index (χ3n) is 8.59. The molecule has 0 aliphatic carbocycles. The summed E-state index contributed by atoms with van der Waals surface area (Å²) in [5, 5.41) is 3.23. The van der Waals surface area contributed by atoms with Gasteiger partial charge in [-0.25, -0.2) is 0 Å². The number of hydrogen-bond donors (Lipinski definition) is 0. The normalized spacial score (nSPS) is 16.1. The monoisotopic (exact) mass is 667 g/mol. The van der Waals surface area contributed by atoms with E-state index in [9.17, 15) is 11.0 Å². The van der Waals surface area contributed by atoms with Gasteiger partial charge in [0.15, 0.2) is 0 Å². The van der Waals surface area contributed by atoms with E-state index in [1.807, 2.05) is 91.0 Å². The Bertz CT molecular complexity index is 3420. The van der Waals surface area contributed by atoms with Crippen molar-refractivity contribution in [3.05, 3.63) is 212 Å². The summed E-state index contributed by atoms with van der Waals surface area (Å²) in [5.41, 5.74) is -1.35. The largest absolute Gasteiger partial charge is 0.310 e. The fraction of sp³-hybridized carbons (Fsp3) is 0. The molecule has 9 aromatic rings. The first-order chi connectivity index (χ1) is 32.8. The molecule has 9 rings (SSSR count). The van der Waals surface area contributed by atoms with Crippen LogP contribution in [0.25, 0.3) is 66.1 Å². The number of hydrogen-bond acceptors (Lipinski definition) is 1. The van der Waals surface area contributed by atoms with Crippen LogP contribution in [0.4, 0.5) is 17.1 Å². The predicted molar refractivity (Wildman–Crippen MR) is 218 cm³/mol. The molecular formula is C50H35N. The maximum absolute atomic E-state index is 9.71. The fourth-order valence-corrected chi connectivity index (χ4v) is 6.33.